The zero-order valence-corrected chi connectivity index (χ0v) is 13.8. The number of hydrogen-bond acceptors (Lipinski definition) is 3. The zero-order valence-electron chi connectivity index (χ0n) is 13.8. The number of benzene rings is 1. The number of nitrogens with zero attached hydrogens (tertiary/aromatic N) is 2. The second-order valence-electron chi connectivity index (χ2n) is 6.21. The Morgan fingerprint density at radius 1 is 1.33 bits per heavy atom. The Balaban J connectivity index is 1.81. The minimum absolute atomic E-state index is 0.0371. The van der Waals surface area contributed by atoms with Gasteiger partial charge in [-0.3, -0.25) is 9.59 Å². The predicted molar refractivity (Wildman–Crippen MR) is 88.1 cm³/mol. The van der Waals surface area contributed by atoms with Crippen LogP contribution in [0.25, 0.3) is 0 Å². The van der Waals surface area contributed by atoms with Gasteiger partial charge in [-0.1, -0.05) is 12.1 Å². The van der Waals surface area contributed by atoms with Gasteiger partial charge in [0.15, 0.2) is 0 Å². The van der Waals surface area contributed by atoms with Crippen molar-refractivity contribution in [2.45, 2.75) is 39.2 Å². The fraction of sp³-hybridized carbons (Fsp3) is 0.389. The number of likely N-dealkylation sites (tertiary alicyclic amines) is 1. The maximum atomic E-state index is 13.0. The van der Waals surface area contributed by atoms with E-state index >= 15 is 0 Å². The Morgan fingerprint density at radius 3 is 2.71 bits per heavy atom. The number of amides is 1. The van der Waals surface area contributed by atoms with E-state index in [0.717, 1.165) is 18.4 Å². The van der Waals surface area contributed by atoms with Crippen LogP contribution in [-0.4, -0.2) is 27.3 Å². The number of aryl methyl sites for hydroxylation is 1. The van der Waals surface area contributed by atoms with Crippen molar-refractivity contribution in [3.8, 4) is 0 Å². The molecule has 0 bridgehead atoms. The first-order valence-electron chi connectivity index (χ1n) is 8.07. The van der Waals surface area contributed by atoms with Gasteiger partial charge in [-0.25, -0.2) is 9.37 Å². The van der Waals surface area contributed by atoms with Crippen LogP contribution in [0.4, 0.5) is 4.39 Å². The number of aromatic nitrogens is 2. The van der Waals surface area contributed by atoms with Gasteiger partial charge in [-0.2, -0.15) is 0 Å². The van der Waals surface area contributed by atoms with E-state index in [-0.39, 0.29) is 29.7 Å². The Hall–Kier alpha value is -2.50. The highest BCUT2D eigenvalue weighted by Crippen LogP contribution is 2.30. The molecule has 1 N–H and O–H groups in total. The van der Waals surface area contributed by atoms with Crippen molar-refractivity contribution in [3.63, 3.8) is 0 Å². The topological polar surface area (TPSA) is 66.1 Å². The number of aromatic amines is 1. The average Bonchev–Trinajstić information content (AvgIpc) is 3.04. The summed E-state index contributed by atoms with van der Waals surface area (Å²) < 4.78 is 13.0. The van der Waals surface area contributed by atoms with Crippen molar-refractivity contribution in [3.05, 3.63) is 63.1 Å². The number of hydrogen-bond donors (Lipinski definition) is 1. The quantitative estimate of drug-likeness (QED) is 0.940. The van der Waals surface area contributed by atoms with Crippen molar-refractivity contribution in [1.82, 2.24) is 14.9 Å². The van der Waals surface area contributed by atoms with Gasteiger partial charge in [0.2, 0.25) is 5.91 Å². The van der Waals surface area contributed by atoms with Gasteiger partial charge in [-0.15, -0.1) is 0 Å². The van der Waals surface area contributed by atoms with Crippen LogP contribution in [0, 0.1) is 19.7 Å². The molecular formula is C18H20FN3O2. The third kappa shape index (κ3) is 3.22. The summed E-state index contributed by atoms with van der Waals surface area (Å²) in [7, 11) is 0. The highest BCUT2D eigenvalue weighted by Gasteiger charge is 2.31. The minimum atomic E-state index is -0.317. The summed E-state index contributed by atoms with van der Waals surface area (Å²) in [5.74, 6) is 0.195. The van der Waals surface area contributed by atoms with E-state index in [1.807, 2.05) is 0 Å². The van der Waals surface area contributed by atoms with Crippen LogP contribution in [0.2, 0.25) is 0 Å². The van der Waals surface area contributed by atoms with Crippen LogP contribution in [0.3, 0.4) is 0 Å². The van der Waals surface area contributed by atoms with Crippen molar-refractivity contribution in [2.24, 2.45) is 0 Å². The monoisotopic (exact) mass is 329 g/mol. The van der Waals surface area contributed by atoms with Crippen LogP contribution >= 0.6 is 0 Å². The van der Waals surface area contributed by atoms with Gasteiger partial charge in [0, 0.05) is 17.8 Å². The van der Waals surface area contributed by atoms with E-state index in [1.165, 1.54) is 12.1 Å². The lowest BCUT2D eigenvalue weighted by molar-refractivity contribution is -0.131. The van der Waals surface area contributed by atoms with Crippen LogP contribution < -0.4 is 5.56 Å². The summed E-state index contributed by atoms with van der Waals surface area (Å²) in [5.41, 5.74) is 1.90. The molecule has 5 nitrogen and oxygen atoms in total. The highest BCUT2D eigenvalue weighted by molar-refractivity contribution is 5.79. The van der Waals surface area contributed by atoms with Gasteiger partial charge in [-0.05, 0) is 44.4 Å². The molecule has 1 aliphatic rings. The second-order valence-corrected chi connectivity index (χ2v) is 6.21. The van der Waals surface area contributed by atoms with Gasteiger partial charge in [0.1, 0.15) is 11.6 Å². The SMILES string of the molecule is Cc1nc([C@H]2CCCN2C(=O)Cc2ccc(F)cc2)[nH]c(=O)c1C. The lowest BCUT2D eigenvalue weighted by Crippen LogP contribution is -2.34. The molecule has 0 spiro atoms. The fourth-order valence-corrected chi connectivity index (χ4v) is 3.05. The number of carbonyl (C=O) groups excluding carboxylic acids is 1. The molecule has 2 aromatic rings. The fourth-order valence-electron chi connectivity index (χ4n) is 3.05. The molecule has 6 heteroatoms. The molecule has 1 aromatic heterocycles. The number of carbonyl (C=O) groups is 1. The van der Waals surface area contributed by atoms with Gasteiger partial charge < -0.3 is 9.88 Å². The lowest BCUT2D eigenvalue weighted by atomic mass is 10.1. The molecule has 3 rings (SSSR count). The van der Waals surface area contributed by atoms with E-state index in [2.05, 4.69) is 9.97 Å². The smallest absolute Gasteiger partial charge is 0.254 e. The molecule has 1 fully saturated rings. The number of rotatable bonds is 3. The molecule has 2 heterocycles. The van der Waals surface area contributed by atoms with Gasteiger partial charge in [0.05, 0.1) is 12.5 Å². The van der Waals surface area contributed by atoms with Crippen LogP contribution in [0.5, 0.6) is 0 Å². The summed E-state index contributed by atoms with van der Waals surface area (Å²) in [6, 6.07) is 5.74. The summed E-state index contributed by atoms with van der Waals surface area (Å²) in [5, 5.41) is 0. The maximum Gasteiger partial charge on any atom is 0.254 e. The molecular weight excluding hydrogens is 309 g/mol. The molecule has 1 amide bonds. The maximum absolute atomic E-state index is 13.0. The Kier molecular flexibility index (Phi) is 4.46. The van der Waals surface area contributed by atoms with Crippen molar-refractivity contribution in [1.29, 1.82) is 0 Å². The second kappa shape index (κ2) is 6.55. The number of halogens is 1. The van der Waals surface area contributed by atoms with Gasteiger partial charge in [0.25, 0.3) is 5.56 Å². The molecule has 1 aliphatic heterocycles. The molecule has 1 atom stereocenters. The minimum Gasteiger partial charge on any atom is -0.332 e. The number of nitrogens with one attached hydrogen (secondary N) is 1. The molecule has 1 saturated heterocycles. The standard InChI is InChI=1S/C18H20FN3O2/c1-11-12(2)20-17(21-18(11)24)15-4-3-9-22(15)16(23)10-13-5-7-14(19)8-6-13/h5-8,15H,3-4,9-10H2,1-2H3,(H,20,21,24)/t15-/m1/s1. The molecule has 0 aliphatic carbocycles. The summed E-state index contributed by atoms with van der Waals surface area (Å²) in [6.45, 7) is 4.17. The Morgan fingerprint density at radius 2 is 2.04 bits per heavy atom. The number of H-pyrrole nitrogens is 1. The van der Waals surface area contributed by atoms with E-state index < -0.39 is 0 Å². The summed E-state index contributed by atoms with van der Waals surface area (Å²) >= 11 is 0. The molecule has 126 valence electrons. The van der Waals surface area contributed by atoms with Crippen molar-refractivity contribution < 1.29 is 9.18 Å². The molecule has 0 unspecified atom stereocenters. The predicted octanol–water partition coefficient (Wildman–Crippen LogP) is 2.43. The van der Waals surface area contributed by atoms with E-state index in [0.29, 0.717) is 23.6 Å². The van der Waals surface area contributed by atoms with E-state index in [4.69, 9.17) is 0 Å². The van der Waals surface area contributed by atoms with Crippen LogP contribution in [0.1, 0.15) is 41.5 Å². The lowest BCUT2D eigenvalue weighted by Gasteiger charge is -2.24. The van der Waals surface area contributed by atoms with Crippen molar-refractivity contribution in [2.75, 3.05) is 6.54 Å². The summed E-state index contributed by atoms with van der Waals surface area (Å²) in [4.78, 5) is 33.6. The van der Waals surface area contributed by atoms with Gasteiger partial charge >= 0.3 is 0 Å². The zero-order chi connectivity index (χ0) is 17.3. The largest absolute Gasteiger partial charge is 0.332 e. The first kappa shape index (κ1) is 16.4. The van der Waals surface area contributed by atoms with Crippen LogP contribution in [-0.2, 0) is 11.2 Å². The molecule has 24 heavy (non-hydrogen) atoms. The molecule has 0 saturated carbocycles. The molecule has 1 aromatic carbocycles. The summed E-state index contributed by atoms with van der Waals surface area (Å²) in [6.07, 6.45) is 1.86. The Bertz CT molecular complexity index is 814. The van der Waals surface area contributed by atoms with Crippen LogP contribution in [0.15, 0.2) is 29.1 Å². The Labute approximate surface area is 139 Å². The molecule has 0 radical (unpaired) electrons. The normalized spacial score (nSPS) is 17.3. The first-order chi connectivity index (χ1) is 11.5. The van der Waals surface area contributed by atoms with E-state index in [1.54, 1.807) is 30.9 Å². The third-order valence-electron chi connectivity index (χ3n) is 4.57. The highest BCUT2D eigenvalue weighted by atomic mass is 19.1. The van der Waals surface area contributed by atoms with E-state index in [9.17, 15) is 14.0 Å². The average molecular weight is 329 g/mol. The third-order valence-corrected chi connectivity index (χ3v) is 4.57. The van der Waals surface area contributed by atoms with Crippen molar-refractivity contribution >= 4 is 5.91 Å². The first-order valence-corrected chi connectivity index (χ1v) is 8.07.